The molecule has 0 spiro atoms. The van der Waals surface area contributed by atoms with Crippen molar-refractivity contribution in [2.45, 2.75) is 44.4 Å². The fourth-order valence-electron chi connectivity index (χ4n) is 3.89. The third-order valence-corrected chi connectivity index (χ3v) is 6.97. The molecule has 0 radical (unpaired) electrons. The number of nitrogens with zero attached hydrogens (tertiary/aromatic N) is 1. The highest BCUT2D eigenvalue weighted by molar-refractivity contribution is 7.92. The van der Waals surface area contributed by atoms with Crippen molar-refractivity contribution in [3.63, 3.8) is 0 Å². The predicted octanol–water partition coefficient (Wildman–Crippen LogP) is 4.23. The van der Waals surface area contributed by atoms with Gasteiger partial charge < -0.3 is 14.6 Å². The van der Waals surface area contributed by atoms with Crippen LogP contribution in [0.15, 0.2) is 45.8 Å². The van der Waals surface area contributed by atoms with Gasteiger partial charge in [0, 0.05) is 11.3 Å². The Hall–Kier alpha value is -3.33. The maximum atomic E-state index is 13.2. The summed E-state index contributed by atoms with van der Waals surface area (Å²) in [7, 11) is -2.59. The molecular weight excluding hydrogens is 430 g/mol. The maximum absolute atomic E-state index is 13.2. The number of hydrogen-bond donors (Lipinski definition) is 2. The van der Waals surface area contributed by atoms with Crippen LogP contribution >= 0.6 is 0 Å². The predicted molar refractivity (Wildman–Crippen MR) is 121 cm³/mol. The van der Waals surface area contributed by atoms with Gasteiger partial charge in [-0.2, -0.15) is 0 Å². The molecule has 3 aromatic rings. The molecule has 0 atom stereocenters. The normalized spacial score (nSPS) is 13.3. The van der Waals surface area contributed by atoms with Crippen molar-refractivity contribution in [1.82, 2.24) is 5.16 Å². The summed E-state index contributed by atoms with van der Waals surface area (Å²) in [5.41, 5.74) is 4.05. The zero-order valence-electron chi connectivity index (χ0n) is 18.2. The molecule has 0 saturated heterocycles. The lowest BCUT2D eigenvalue weighted by atomic mass is 9.96. The number of nitrogens with one attached hydrogen (secondary N) is 2. The number of carbonyl (C=O) groups is 1. The second-order valence-electron chi connectivity index (χ2n) is 7.84. The molecule has 168 valence electrons. The van der Waals surface area contributed by atoms with Crippen LogP contribution in [0.5, 0.6) is 5.75 Å². The van der Waals surface area contributed by atoms with E-state index in [2.05, 4.69) is 15.2 Å². The van der Waals surface area contributed by atoms with Gasteiger partial charge >= 0.3 is 0 Å². The first-order valence-electron chi connectivity index (χ1n) is 10.4. The molecular formula is C23H25N3O5S. The smallest absolute Gasteiger partial charge is 0.294 e. The van der Waals surface area contributed by atoms with Crippen molar-refractivity contribution < 1.29 is 22.5 Å². The maximum Gasteiger partial charge on any atom is 0.294 e. The topological polar surface area (TPSA) is 111 Å². The Morgan fingerprint density at radius 1 is 1.09 bits per heavy atom. The Labute approximate surface area is 187 Å². The molecule has 2 aromatic carbocycles. The second-order valence-corrected chi connectivity index (χ2v) is 9.49. The standard InChI is InChI=1S/C23H25N3O5S/c1-14-7-6-8-15(2)21(14)26-32(28,29)20-13-16(11-12-19(20)30-3)24-23(27)22-17-9-4-5-10-18(17)25-31-22/h6-8,11-13,26H,4-5,9-10H2,1-3H3,(H,24,27). The number of benzene rings is 2. The Balaban J connectivity index is 1.64. The van der Waals surface area contributed by atoms with Crippen LogP contribution < -0.4 is 14.8 Å². The zero-order valence-corrected chi connectivity index (χ0v) is 19.0. The fraction of sp³-hybridized carbons (Fsp3) is 0.304. The number of rotatable bonds is 6. The van der Waals surface area contributed by atoms with Gasteiger partial charge in [0.25, 0.3) is 15.9 Å². The van der Waals surface area contributed by atoms with Gasteiger partial charge in [-0.15, -0.1) is 0 Å². The highest BCUT2D eigenvalue weighted by Gasteiger charge is 2.26. The molecule has 1 aromatic heterocycles. The molecule has 0 saturated carbocycles. The minimum atomic E-state index is -3.99. The minimum absolute atomic E-state index is 0.0833. The van der Waals surface area contributed by atoms with Gasteiger partial charge in [0.15, 0.2) is 0 Å². The molecule has 1 aliphatic carbocycles. The minimum Gasteiger partial charge on any atom is -0.495 e. The van der Waals surface area contributed by atoms with Crippen LogP contribution in [-0.4, -0.2) is 26.6 Å². The summed E-state index contributed by atoms with van der Waals surface area (Å²) in [6.07, 6.45) is 3.53. The molecule has 1 aliphatic rings. The summed E-state index contributed by atoms with van der Waals surface area (Å²) in [5.74, 6) is -0.121. The van der Waals surface area contributed by atoms with Gasteiger partial charge in [0.05, 0.1) is 18.5 Å². The lowest BCUT2D eigenvalue weighted by Crippen LogP contribution is -2.17. The number of sulfonamides is 1. The number of aryl methyl sites for hydroxylation is 3. The zero-order chi connectivity index (χ0) is 22.9. The Bertz CT molecular complexity index is 1260. The highest BCUT2D eigenvalue weighted by atomic mass is 32.2. The number of aromatic nitrogens is 1. The van der Waals surface area contributed by atoms with Crippen molar-refractivity contribution in [2.75, 3.05) is 17.1 Å². The molecule has 4 rings (SSSR count). The molecule has 0 fully saturated rings. The van der Waals surface area contributed by atoms with Crippen molar-refractivity contribution in [3.8, 4) is 5.75 Å². The summed E-state index contributed by atoms with van der Waals surface area (Å²) in [5, 5.41) is 6.73. The number of anilines is 2. The quantitative estimate of drug-likeness (QED) is 0.575. The van der Waals surface area contributed by atoms with Crippen LogP contribution in [0.4, 0.5) is 11.4 Å². The van der Waals surface area contributed by atoms with Crippen LogP contribution in [0, 0.1) is 13.8 Å². The molecule has 9 heteroatoms. The summed E-state index contributed by atoms with van der Waals surface area (Å²) in [4.78, 5) is 12.7. The third kappa shape index (κ3) is 4.20. The van der Waals surface area contributed by atoms with E-state index < -0.39 is 15.9 Å². The Morgan fingerprint density at radius 3 is 2.53 bits per heavy atom. The third-order valence-electron chi connectivity index (χ3n) is 5.59. The molecule has 2 N–H and O–H groups in total. The van der Waals surface area contributed by atoms with Crippen LogP contribution in [0.3, 0.4) is 0 Å². The number of methoxy groups -OCH3 is 1. The van der Waals surface area contributed by atoms with Gasteiger partial charge in [-0.05, 0) is 68.9 Å². The van der Waals surface area contributed by atoms with Crippen LogP contribution in [-0.2, 0) is 22.9 Å². The Morgan fingerprint density at radius 2 is 1.81 bits per heavy atom. The number of ether oxygens (including phenoxy) is 1. The van der Waals surface area contributed by atoms with E-state index in [4.69, 9.17) is 9.26 Å². The lowest BCUT2D eigenvalue weighted by Gasteiger charge is -2.16. The molecule has 8 nitrogen and oxygen atoms in total. The average Bonchev–Trinajstić information content (AvgIpc) is 3.21. The van der Waals surface area contributed by atoms with Crippen molar-refractivity contribution >= 4 is 27.3 Å². The van der Waals surface area contributed by atoms with E-state index in [1.807, 2.05) is 32.0 Å². The number of amides is 1. The van der Waals surface area contributed by atoms with E-state index in [1.54, 1.807) is 6.07 Å². The van der Waals surface area contributed by atoms with Gasteiger partial charge in [-0.25, -0.2) is 8.42 Å². The summed E-state index contributed by atoms with van der Waals surface area (Å²) in [6.45, 7) is 3.66. The molecule has 32 heavy (non-hydrogen) atoms. The van der Waals surface area contributed by atoms with Crippen LogP contribution in [0.2, 0.25) is 0 Å². The summed E-state index contributed by atoms with van der Waals surface area (Å²) in [6, 6.07) is 9.98. The van der Waals surface area contributed by atoms with Crippen molar-refractivity contribution in [2.24, 2.45) is 0 Å². The van der Waals surface area contributed by atoms with Gasteiger partial charge in [-0.1, -0.05) is 23.4 Å². The first-order valence-corrected chi connectivity index (χ1v) is 11.8. The molecule has 1 amide bonds. The van der Waals surface area contributed by atoms with Crippen molar-refractivity contribution in [1.29, 1.82) is 0 Å². The fourth-order valence-corrected chi connectivity index (χ4v) is 5.29. The van der Waals surface area contributed by atoms with E-state index in [9.17, 15) is 13.2 Å². The Kier molecular flexibility index (Phi) is 5.92. The van der Waals surface area contributed by atoms with Crippen molar-refractivity contribution in [3.05, 3.63) is 64.5 Å². The van der Waals surface area contributed by atoms with E-state index in [1.165, 1.54) is 19.2 Å². The first-order chi connectivity index (χ1) is 15.3. The van der Waals surface area contributed by atoms with Gasteiger partial charge in [-0.3, -0.25) is 9.52 Å². The number of fused-ring (bicyclic) bond motifs is 1. The van der Waals surface area contributed by atoms with E-state index >= 15 is 0 Å². The number of para-hydroxylation sites is 1. The number of hydrogen-bond acceptors (Lipinski definition) is 6. The monoisotopic (exact) mass is 455 g/mol. The van der Waals surface area contributed by atoms with E-state index in [0.717, 1.165) is 48.1 Å². The van der Waals surface area contributed by atoms with Crippen LogP contribution in [0.25, 0.3) is 0 Å². The summed E-state index contributed by atoms with van der Waals surface area (Å²) >= 11 is 0. The average molecular weight is 456 g/mol. The molecule has 0 bridgehead atoms. The highest BCUT2D eigenvalue weighted by Crippen LogP contribution is 2.31. The van der Waals surface area contributed by atoms with E-state index in [-0.39, 0.29) is 16.4 Å². The molecule has 0 unspecified atom stereocenters. The largest absolute Gasteiger partial charge is 0.495 e. The first kappa shape index (κ1) is 21.9. The SMILES string of the molecule is COc1ccc(NC(=O)c2onc3c2CCCC3)cc1S(=O)(=O)Nc1c(C)cccc1C. The van der Waals surface area contributed by atoms with Gasteiger partial charge in [0.1, 0.15) is 10.6 Å². The molecule has 1 heterocycles. The van der Waals surface area contributed by atoms with Gasteiger partial charge in [0.2, 0.25) is 5.76 Å². The second kappa shape index (κ2) is 8.66. The summed E-state index contributed by atoms with van der Waals surface area (Å²) < 4.78 is 39.6. The number of carbonyl (C=O) groups excluding carboxylic acids is 1. The lowest BCUT2D eigenvalue weighted by molar-refractivity contribution is 0.0986. The molecule has 0 aliphatic heterocycles. The van der Waals surface area contributed by atoms with E-state index in [0.29, 0.717) is 11.4 Å². The van der Waals surface area contributed by atoms with Crippen LogP contribution in [0.1, 0.15) is 45.8 Å².